The summed E-state index contributed by atoms with van der Waals surface area (Å²) in [7, 11) is -4.47. The van der Waals surface area contributed by atoms with Crippen LogP contribution in [0.3, 0.4) is 0 Å². The molecule has 0 unspecified atom stereocenters. The molecular weight excluding hydrogens is 779 g/mol. The van der Waals surface area contributed by atoms with E-state index in [4.69, 9.17) is 21.0 Å². The van der Waals surface area contributed by atoms with Crippen LogP contribution in [0.5, 0.6) is 0 Å². The molecule has 58 heavy (non-hydrogen) atoms. The largest absolute Gasteiger partial charge is 0.744 e. The Labute approximate surface area is 336 Å². The number of nitrogens with zero attached hydrogens (tertiary/aromatic N) is 4. The fourth-order valence-electron chi connectivity index (χ4n) is 5.44. The van der Waals surface area contributed by atoms with Gasteiger partial charge in [0.1, 0.15) is 10.1 Å². The number of amides is 1. The van der Waals surface area contributed by atoms with E-state index in [0.717, 1.165) is 44.2 Å². The molecule has 7 rings (SSSR count). The van der Waals surface area contributed by atoms with Crippen LogP contribution in [0.25, 0.3) is 22.0 Å². The molecule has 2 heterocycles. The fourth-order valence-corrected chi connectivity index (χ4v) is 6.39. The Hall–Kier alpha value is -6.72. The number of hydrogen-bond acceptors (Lipinski definition) is 10. The number of anilines is 3. The molecule has 7 aromatic rings. The van der Waals surface area contributed by atoms with Gasteiger partial charge in [0.15, 0.2) is 0 Å². The number of nitrogens with one attached hydrogen (secondary N) is 1. The van der Waals surface area contributed by atoms with E-state index in [0.29, 0.717) is 23.0 Å². The number of carbonyl (C=O) groups excluding carboxylic acids is 1. The maximum absolute atomic E-state index is 12.8. The van der Waals surface area contributed by atoms with E-state index >= 15 is 0 Å². The first-order valence-electron chi connectivity index (χ1n) is 17.5. The van der Waals surface area contributed by atoms with E-state index < -0.39 is 20.2 Å². The quantitative estimate of drug-likeness (QED) is 0.116. The first-order valence-corrected chi connectivity index (χ1v) is 20.3. The summed E-state index contributed by atoms with van der Waals surface area (Å²) < 4.78 is 64.5. The van der Waals surface area contributed by atoms with Crippen molar-refractivity contribution in [3.8, 4) is 11.1 Å². The number of hydrogen-bond donors (Lipinski definition) is 4. The van der Waals surface area contributed by atoms with Gasteiger partial charge in [-0.1, -0.05) is 70.7 Å². The van der Waals surface area contributed by atoms with Gasteiger partial charge in [-0.05, 0) is 92.2 Å². The van der Waals surface area contributed by atoms with Crippen LogP contribution in [0.1, 0.15) is 21.5 Å². The molecule has 14 nitrogen and oxygen atoms in total. The van der Waals surface area contributed by atoms with Crippen molar-refractivity contribution in [1.82, 2.24) is 9.55 Å². The Kier molecular flexibility index (Phi) is 13.2. The molecule has 0 radical (unpaired) electrons. The van der Waals surface area contributed by atoms with Gasteiger partial charge in [-0.2, -0.15) is 8.42 Å². The summed E-state index contributed by atoms with van der Waals surface area (Å²) in [6, 6.07) is 36.5. The van der Waals surface area contributed by atoms with Gasteiger partial charge < -0.3 is 20.2 Å². The summed E-state index contributed by atoms with van der Waals surface area (Å²) in [6.45, 7) is 3.66. The summed E-state index contributed by atoms with van der Waals surface area (Å²) in [4.78, 5) is 21.5. The van der Waals surface area contributed by atoms with Crippen molar-refractivity contribution in [1.29, 1.82) is 0 Å². The summed E-state index contributed by atoms with van der Waals surface area (Å²) in [6.07, 6.45) is 3.82. The zero-order valence-electron chi connectivity index (χ0n) is 31.9. The van der Waals surface area contributed by atoms with Gasteiger partial charge in [-0.15, -0.1) is 0 Å². The van der Waals surface area contributed by atoms with Crippen LogP contribution in [0, 0.1) is 13.8 Å². The second kappa shape index (κ2) is 18.0. The minimum Gasteiger partial charge on any atom is -0.744 e. The van der Waals surface area contributed by atoms with Crippen molar-refractivity contribution in [2.24, 2.45) is 19.1 Å². The summed E-state index contributed by atoms with van der Waals surface area (Å²) >= 11 is 0. The van der Waals surface area contributed by atoms with Crippen LogP contribution in [-0.4, -0.2) is 41.4 Å². The molecule has 1 amide bonds. The van der Waals surface area contributed by atoms with E-state index in [1.54, 1.807) is 48.0 Å². The lowest BCUT2D eigenvalue weighted by Crippen LogP contribution is -2.33. The lowest BCUT2D eigenvalue weighted by atomic mass is 10.1. The molecule has 0 aliphatic rings. The number of aryl methyl sites for hydroxylation is 4. The highest BCUT2D eigenvalue weighted by Crippen LogP contribution is 2.25. The molecular formula is C42H41N7O7S2. The minimum atomic E-state index is -4.27. The number of benzene rings is 5. The Morgan fingerprint density at radius 3 is 1.93 bits per heavy atom. The number of aromatic nitrogens is 3. The molecule has 0 atom stereocenters. The SMILES string of the molecule is Cc1ccc(S(=O)(=O)O)cc1.Cc1ccc(S(=O)(=O)[O-])cc1.Cn1ccc(=Nc2ccc(C(=O)Nc3ccc(-c4c[n+](C)c(N)nc4N)cc3)cc2)c2ccccc21. The minimum absolute atomic E-state index is 0.0666. The summed E-state index contributed by atoms with van der Waals surface area (Å²) in [5.41, 5.74) is 18.4. The highest BCUT2D eigenvalue weighted by atomic mass is 32.2. The Morgan fingerprint density at radius 1 is 0.793 bits per heavy atom. The van der Waals surface area contributed by atoms with Gasteiger partial charge in [0, 0.05) is 35.4 Å². The number of carbonyl (C=O) groups is 1. The maximum atomic E-state index is 12.8. The molecule has 2 aromatic heterocycles. The van der Waals surface area contributed by atoms with E-state index in [1.165, 1.54) is 24.3 Å². The Balaban J connectivity index is 0.000000236. The monoisotopic (exact) mass is 819 g/mol. The highest BCUT2D eigenvalue weighted by molar-refractivity contribution is 7.86. The van der Waals surface area contributed by atoms with Gasteiger partial charge in [-0.3, -0.25) is 15.1 Å². The van der Waals surface area contributed by atoms with Crippen molar-refractivity contribution in [2.75, 3.05) is 16.8 Å². The number of nitrogens with two attached hydrogens (primary N) is 2. The van der Waals surface area contributed by atoms with Crippen molar-refractivity contribution in [2.45, 2.75) is 23.6 Å². The maximum Gasteiger partial charge on any atom is 0.391 e. The lowest BCUT2D eigenvalue weighted by molar-refractivity contribution is -0.658. The fraction of sp³-hybridized carbons (Fsp3) is 0.0952. The Bertz CT molecular complexity index is 2790. The molecule has 0 spiro atoms. The molecule has 5 aromatic carbocycles. The van der Waals surface area contributed by atoms with Crippen LogP contribution in [0.15, 0.2) is 155 Å². The number of rotatable bonds is 6. The average molecular weight is 820 g/mol. The molecule has 298 valence electrons. The number of para-hydroxylation sites is 1. The van der Waals surface area contributed by atoms with Crippen molar-refractivity contribution in [3.05, 3.63) is 162 Å². The third-order valence-corrected chi connectivity index (χ3v) is 10.4. The van der Waals surface area contributed by atoms with Crippen LogP contribution in [0.4, 0.5) is 23.1 Å². The molecule has 16 heteroatoms. The predicted molar refractivity (Wildman–Crippen MR) is 222 cm³/mol. The molecule has 6 N–H and O–H groups in total. The zero-order valence-corrected chi connectivity index (χ0v) is 33.6. The van der Waals surface area contributed by atoms with Crippen molar-refractivity contribution >= 4 is 60.2 Å². The van der Waals surface area contributed by atoms with E-state index in [1.807, 2.05) is 87.9 Å². The van der Waals surface area contributed by atoms with Crippen molar-refractivity contribution in [3.63, 3.8) is 0 Å². The van der Waals surface area contributed by atoms with Gasteiger partial charge in [0.2, 0.25) is 5.82 Å². The number of pyridine rings is 1. The molecule has 0 fully saturated rings. The summed E-state index contributed by atoms with van der Waals surface area (Å²) in [5.74, 6) is 0.488. The van der Waals surface area contributed by atoms with Gasteiger partial charge in [-0.25, -0.2) is 18.0 Å². The van der Waals surface area contributed by atoms with Gasteiger partial charge in [0.25, 0.3) is 16.0 Å². The normalized spacial score (nSPS) is 11.5. The summed E-state index contributed by atoms with van der Waals surface area (Å²) in [5, 5.41) is 4.88. The first-order chi connectivity index (χ1) is 27.4. The lowest BCUT2D eigenvalue weighted by Gasteiger charge is -2.08. The second-order valence-corrected chi connectivity index (χ2v) is 15.9. The molecule has 0 aliphatic carbocycles. The van der Waals surface area contributed by atoms with Crippen LogP contribution < -0.4 is 26.7 Å². The zero-order chi connectivity index (χ0) is 42.2. The third-order valence-electron chi connectivity index (χ3n) is 8.67. The molecule has 0 aliphatic heterocycles. The van der Waals surface area contributed by atoms with Crippen molar-refractivity contribution < 1.29 is 35.3 Å². The number of fused-ring (bicyclic) bond motifs is 1. The van der Waals surface area contributed by atoms with E-state index in [9.17, 15) is 26.2 Å². The van der Waals surface area contributed by atoms with Gasteiger partial charge in [0.05, 0.1) is 39.6 Å². The number of nitrogen functional groups attached to an aromatic ring is 2. The van der Waals surface area contributed by atoms with Crippen LogP contribution in [0.2, 0.25) is 0 Å². The van der Waals surface area contributed by atoms with Crippen LogP contribution >= 0.6 is 0 Å². The second-order valence-electron chi connectivity index (χ2n) is 13.1. The molecule has 0 saturated carbocycles. The highest BCUT2D eigenvalue weighted by Gasteiger charge is 2.14. The standard InChI is InChI=1S/C28H25N7O.2C7H8O3S/c1-34-16-15-24(22-5-3-4-6-25(22)34)31-20-13-9-19(10-14-20)27(36)32-21-11-7-18(8-12-21)23-17-35(2)28(30)33-26(23)29;2*1-6-2-4-7(5-3-6)11(8,9)10/h3-17H,1-2H3,(H4,29,30,32,33,36);2*2-5H,1H3,(H,8,9,10). The first kappa shape index (κ1) is 42.4. The Morgan fingerprint density at radius 2 is 1.36 bits per heavy atom. The molecule has 0 saturated heterocycles. The van der Waals surface area contributed by atoms with E-state index in [2.05, 4.69) is 27.0 Å². The van der Waals surface area contributed by atoms with Gasteiger partial charge >= 0.3 is 5.95 Å². The molecule has 0 bridgehead atoms. The average Bonchev–Trinajstić information content (AvgIpc) is 3.18. The smallest absolute Gasteiger partial charge is 0.391 e. The topological polar surface area (TPSA) is 227 Å². The van der Waals surface area contributed by atoms with Crippen LogP contribution in [-0.2, 0) is 34.3 Å². The predicted octanol–water partition coefficient (Wildman–Crippen LogP) is 5.85. The van der Waals surface area contributed by atoms with E-state index in [-0.39, 0.29) is 15.7 Å². The third kappa shape index (κ3) is 11.2.